The number of nitrogens with zero attached hydrogens (tertiary/aromatic N) is 1. The molecular formula is C12H16N2O3S. The highest BCUT2D eigenvalue weighted by Gasteiger charge is 2.18. The molecule has 1 amide bonds. The highest BCUT2D eigenvalue weighted by Crippen LogP contribution is 2.07. The van der Waals surface area contributed by atoms with E-state index in [9.17, 15) is 9.59 Å². The lowest BCUT2D eigenvalue weighted by Crippen LogP contribution is -2.40. The lowest BCUT2D eigenvalue weighted by atomic mass is 10.1. The molecule has 0 saturated carbocycles. The Hall–Kier alpha value is -1.69. The van der Waals surface area contributed by atoms with E-state index in [1.54, 1.807) is 12.3 Å². The molecule has 0 fully saturated rings. The molecule has 98 valence electrons. The van der Waals surface area contributed by atoms with Crippen LogP contribution in [0.4, 0.5) is 0 Å². The molecule has 1 unspecified atom stereocenters. The maximum Gasteiger partial charge on any atom is 0.326 e. The smallest absolute Gasteiger partial charge is 0.326 e. The molecule has 5 nitrogen and oxygen atoms in total. The first kappa shape index (κ1) is 14.4. The van der Waals surface area contributed by atoms with Crippen LogP contribution in [0.5, 0.6) is 0 Å². The van der Waals surface area contributed by atoms with Gasteiger partial charge in [-0.25, -0.2) is 9.78 Å². The van der Waals surface area contributed by atoms with E-state index in [0.717, 1.165) is 5.01 Å². The molecular weight excluding hydrogens is 252 g/mol. The zero-order valence-electron chi connectivity index (χ0n) is 9.96. The standard InChI is InChI=1S/C12H16N2O3S/c1-2-3-4-9(12(16)17)14-10(15)5-6-11-13-7-8-18-11/h2,7-9H,1,3-6H2,(H,14,15)(H,16,17). The molecule has 1 atom stereocenters. The van der Waals surface area contributed by atoms with Gasteiger partial charge >= 0.3 is 5.97 Å². The summed E-state index contributed by atoms with van der Waals surface area (Å²) in [6.45, 7) is 3.53. The summed E-state index contributed by atoms with van der Waals surface area (Å²) in [4.78, 5) is 26.6. The number of aliphatic carboxylic acids is 1. The van der Waals surface area contributed by atoms with Crippen molar-refractivity contribution in [2.75, 3.05) is 0 Å². The van der Waals surface area contributed by atoms with Gasteiger partial charge in [-0.2, -0.15) is 0 Å². The number of aromatic nitrogens is 1. The van der Waals surface area contributed by atoms with Gasteiger partial charge in [-0.15, -0.1) is 17.9 Å². The first-order valence-corrected chi connectivity index (χ1v) is 6.53. The van der Waals surface area contributed by atoms with Crippen molar-refractivity contribution in [3.63, 3.8) is 0 Å². The van der Waals surface area contributed by atoms with Gasteiger partial charge in [0.1, 0.15) is 6.04 Å². The minimum absolute atomic E-state index is 0.255. The van der Waals surface area contributed by atoms with E-state index in [2.05, 4.69) is 16.9 Å². The summed E-state index contributed by atoms with van der Waals surface area (Å²) in [6, 6.07) is -0.841. The van der Waals surface area contributed by atoms with Crippen LogP contribution in [0.15, 0.2) is 24.2 Å². The van der Waals surface area contributed by atoms with Crippen molar-refractivity contribution in [2.45, 2.75) is 31.7 Å². The second kappa shape index (κ2) is 7.60. The van der Waals surface area contributed by atoms with Gasteiger partial charge in [-0.1, -0.05) is 6.08 Å². The van der Waals surface area contributed by atoms with E-state index >= 15 is 0 Å². The number of thiazole rings is 1. The average Bonchev–Trinajstić information content (AvgIpc) is 2.84. The van der Waals surface area contributed by atoms with Crippen molar-refractivity contribution in [3.05, 3.63) is 29.2 Å². The number of amides is 1. The molecule has 1 rings (SSSR count). The third kappa shape index (κ3) is 5.09. The SMILES string of the molecule is C=CCCC(NC(=O)CCc1nccs1)C(=O)O. The third-order valence-corrected chi connectivity index (χ3v) is 3.18. The molecule has 0 aliphatic rings. The third-order valence-electron chi connectivity index (χ3n) is 2.34. The van der Waals surface area contributed by atoms with Crippen molar-refractivity contribution in [2.24, 2.45) is 0 Å². The second-order valence-electron chi connectivity index (χ2n) is 3.75. The molecule has 6 heteroatoms. The molecule has 2 N–H and O–H groups in total. The number of hydrogen-bond acceptors (Lipinski definition) is 4. The highest BCUT2D eigenvalue weighted by molar-refractivity contribution is 7.09. The lowest BCUT2D eigenvalue weighted by Gasteiger charge is -2.13. The van der Waals surface area contributed by atoms with E-state index in [-0.39, 0.29) is 12.3 Å². The Bertz CT molecular complexity index is 403. The Morgan fingerprint density at radius 1 is 1.61 bits per heavy atom. The van der Waals surface area contributed by atoms with Crippen molar-refractivity contribution in [1.29, 1.82) is 0 Å². The number of rotatable bonds is 8. The molecule has 0 aliphatic heterocycles. The predicted molar refractivity (Wildman–Crippen MR) is 69.4 cm³/mol. The number of aryl methyl sites for hydroxylation is 1. The fourth-order valence-electron chi connectivity index (χ4n) is 1.41. The molecule has 0 aromatic carbocycles. The zero-order chi connectivity index (χ0) is 13.4. The van der Waals surface area contributed by atoms with Gasteiger partial charge in [0.2, 0.25) is 5.91 Å². The maximum atomic E-state index is 11.6. The van der Waals surface area contributed by atoms with Gasteiger partial charge in [0.15, 0.2) is 0 Å². The first-order valence-electron chi connectivity index (χ1n) is 5.65. The summed E-state index contributed by atoms with van der Waals surface area (Å²) in [7, 11) is 0. The van der Waals surface area contributed by atoms with Crippen LogP contribution in [0.2, 0.25) is 0 Å². The molecule has 0 spiro atoms. The van der Waals surface area contributed by atoms with Gasteiger partial charge < -0.3 is 10.4 Å². The molecule has 0 saturated heterocycles. The number of allylic oxidation sites excluding steroid dienone is 1. The van der Waals surface area contributed by atoms with Gasteiger partial charge in [0, 0.05) is 24.4 Å². The Kier molecular flexibility index (Phi) is 6.07. The number of nitrogens with one attached hydrogen (secondary N) is 1. The summed E-state index contributed by atoms with van der Waals surface area (Å²) in [5, 5.41) is 14.2. The minimum Gasteiger partial charge on any atom is -0.480 e. The largest absolute Gasteiger partial charge is 0.480 e. The fourth-order valence-corrected chi connectivity index (χ4v) is 2.03. The quantitative estimate of drug-likeness (QED) is 0.702. The van der Waals surface area contributed by atoms with Gasteiger partial charge in [-0.05, 0) is 12.8 Å². The summed E-state index contributed by atoms with van der Waals surface area (Å²) in [6.07, 6.45) is 5.04. The van der Waals surface area contributed by atoms with Gasteiger partial charge in [-0.3, -0.25) is 4.79 Å². The summed E-state index contributed by atoms with van der Waals surface area (Å²) >= 11 is 1.48. The van der Waals surface area contributed by atoms with Crippen molar-refractivity contribution in [3.8, 4) is 0 Å². The Labute approximate surface area is 110 Å². The van der Waals surface area contributed by atoms with Crippen LogP contribution in [0.3, 0.4) is 0 Å². The molecule has 1 heterocycles. The minimum atomic E-state index is -1.01. The molecule has 0 bridgehead atoms. The normalized spacial score (nSPS) is 11.8. The summed E-state index contributed by atoms with van der Waals surface area (Å²) in [5.74, 6) is -1.28. The van der Waals surface area contributed by atoms with Crippen LogP contribution in [-0.2, 0) is 16.0 Å². The van der Waals surface area contributed by atoms with E-state index in [4.69, 9.17) is 5.11 Å². The van der Waals surface area contributed by atoms with Crippen molar-refractivity contribution in [1.82, 2.24) is 10.3 Å². The summed E-state index contributed by atoms with van der Waals surface area (Å²) in [5.41, 5.74) is 0. The highest BCUT2D eigenvalue weighted by atomic mass is 32.1. The van der Waals surface area contributed by atoms with Crippen molar-refractivity contribution >= 4 is 23.2 Å². The topological polar surface area (TPSA) is 79.3 Å². The van der Waals surface area contributed by atoms with Crippen LogP contribution in [0.25, 0.3) is 0 Å². The van der Waals surface area contributed by atoms with Crippen LogP contribution in [0, 0.1) is 0 Å². The zero-order valence-corrected chi connectivity index (χ0v) is 10.8. The van der Waals surface area contributed by atoms with Crippen LogP contribution in [-0.4, -0.2) is 28.0 Å². The number of carboxylic acid groups (broad SMARTS) is 1. The van der Waals surface area contributed by atoms with Gasteiger partial charge in [0.05, 0.1) is 5.01 Å². The monoisotopic (exact) mass is 268 g/mol. The summed E-state index contributed by atoms with van der Waals surface area (Å²) < 4.78 is 0. The predicted octanol–water partition coefficient (Wildman–Crippen LogP) is 1.61. The first-order chi connectivity index (χ1) is 8.63. The maximum absolute atomic E-state index is 11.6. The molecule has 0 radical (unpaired) electrons. The Balaban J connectivity index is 2.36. The van der Waals surface area contributed by atoms with E-state index in [1.807, 2.05) is 5.38 Å². The van der Waals surface area contributed by atoms with Crippen LogP contribution >= 0.6 is 11.3 Å². The molecule has 18 heavy (non-hydrogen) atoms. The van der Waals surface area contributed by atoms with Crippen LogP contribution in [0.1, 0.15) is 24.3 Å². The Morgan fingerprint density at radius 2 is 2.39 bits per heavy atom. The van der Waals surface area contributed by atoms with E-state index in [1.165, 1.54) is 11.3 Å². The molecule has 0 aliphatic carbocycles. The van der Waals surface area contributed by atoms with Gasteiger partial charge in [0.25, 0.3) is 0 Å². The number of carboxylic acids is 1. The number of carbonyl (C=O) groups excluding carboxylic acids is 1. The van der Waals surface area contributed by atoms with Crippen LogP contribution < -0.4 is 5.32 Å². The Morgan fingerprint density at radius 3 is 2.94 bits per heavy atom. The number of carbonyl (C=O) groups is 2. The number of hydrogen-bond donors (Lipinski definition) is 2. The molecule has 1 aromatic rings. The second-order valence-corrected chi connectivity index (χ2v) is 4.73. The fraction of sp³-hybridized carbons (Fsp3) is 0.417. The van der Waals surface area contributed by atoms with E-state index < -0.39 is 12.0 Å². The van der Waals surface area contributed by atoms with Crippen molar-refractivity contribution < 1.29 is 14.7 Å². The lowest BCUT2D eigenvalue weighted by molar-refractivity contribution is -0.142. The average molecular weight is 268 g/mol. The molecule has 1 aromatic heterocycles. The van der Waals surface area contributed by atoms with E-state index in [0.29, 0.717) is 19.3 Å².